The molecule has 1 N–H and O–H groups in total. The summed E-state index contributed by atoms with van der Waals surface area (Å²) in [5.74, 6) is -1.37. The standard InChI is InChI=1S/C25H30F2N2O/c1-5-20(8-9-24(30)28-4)25-22(26)12-21(13-23(25)27)29-14-19(15-29)11-18-7-6-16(2)17(3)10-18/h5-7,10,12-13,19-20H,1,8-9,11,14-15H2,2-4H3,(H,28,30). The van der Waals surface area contributed by atoms with Crippen molar-refractivity contribution >= 4 is 11.6 Å². The molecule has 30 heavy (non-hydrogen) atoms. The summed E-state index contributed by atoms with van der Waals surface area (Å²) in [6.45, 7) is 9.48. The van der Waals surface area contributed by atoms with Crippen molar-refractivity contribution in [2.45, 2.75) is 39.0 Å². The Morgan fingerprint density at radius 3 is 2.43 bits per heavy atom. The summed E-state index contributed by atoms with van der Waals surface area (Å²) >= 11 is 0. The van der Waals surface area contributed by atoms with E-state index in [1.54, 1.807) is 7.05 Å². The Morgan fingerprint density at radius 2 is 1.87 bits per heavy atom. The molecule has 1 fully saturated rings. The van der Waals surface area contributed by atoms with E-state index in [0.29, 0.717) is 18.0 Å². The van der Waals surface area contributed by atoms with Crippen LogP contribution in [0.25, 0.3) is 0 Å². The molecule has 1 saturated heterocycles. The molecular formula is C25H30F2N2O. The third kappa shape index (κ3) is 4.89. The van der Waals surface area contributed by atoms with Gasteiger partial charge in [-0.15, -0.1) is 6.58 Å². The molecule has 160 valence electrons. The Kier molecular flexibility index (Phi) is 6.91. The highest BCUT2D eigenvalue weighted by Crippen LogP contribution is 2.34. The zero-order valence-electron chi connectivity index (χ0n) is 18.0. The number of carbonyl (C=O) groups is 1. The maximum absolute atomic E-state index is 14.8. The van der Waals surface area contributed by atoms with E-state index in [9.17, 15) is 13.6 Å². The van der Waals surface area contributed by atoms with Gasteiger partial charge in [0.1, 0.15) is 11.6 Å². The van der Waals surface area contributed by atoms with E-state index >= 15 is 0 Å². The van der Waals surface area contributed by atoms with Gasteiger partial charge in [0.2, 0.25) is 5.91 Å². The molecule has 1 aliphatic rings. The molecule has 1 atom stereocenters. The molecule has 0 bridgehead atoms. The molecule has 3 nitrogen and oxygen atoms in total. The number of nitrogens with one attached hydrogen (secondary N) is 1. The lowest BCUT2D eigenvalue weighted by atomic mass is 9.89. The van der Waals surface area contributed by atoms with Crippen LogP contribution in [-0.4, -0.2) is 26.0 Å². The van der Waals surface area contributed by atoms with Crippen LogP contribution in [0.1, 0.15) is 41.0 Å². The maximum Gasteiger partial charge on any atom is 0.219 e. The van der Waals surface area contributed by atoms with Gasteiger partial charge in [-0.2, -0.15) is 0 Å². The van der Waals surface area contributed by atoms with Gasteiger partial charge >= 0.3 is 0 Å². The first-order valence-corrected chi connectivity index (χ1v) is 10.5. The monoisotopic (exact) mass is 412 g/mol. The Morgan fingerprint density at radius 1 is 1.20 bits per heavy atom. The first-order chi connectivity index (χ1) is 14.3. The van der Waals surface area contributed by atoms with Crippen LogP contribution in [0.2, 0.25) is 0 Å². The number of amides is 1. The van der Waals surface area contributed by atoms with Crippen molar-refractivity contribution < 1.29 is 13.6 Å². The minimum Gasteiger partial charge on any atom is -0.371 e. The molecule has 1 heterocycles. The van der Waals surface area contributed by atoms with Gasteiger partial charge in [-0.05, 0) is 61.4 Å². The fraction of sp³-hybridized carbons (Fsp3) is 0.400. The van der Waals surface area contributed by atoms with Crippen LogP contribution in [-0.2, 0) is 11.2 Å². The number of halogens is 2. The second-order valence-electron chi connectivity index (χ2n) is 8.27. The van der Waals surface area contributed by atoms with Gasteiger partial charge in [-0.3, -0.25) is 4.79 Å². The fourth-order valence-corrected chi connectivity index (χ4v) is 4.07. The van der Waals surface area contributed by atoms with Crippen molar-refractivity contribution in [3.63, 3.8) is 0 Å². The topological polar surface area (TPSA) is 32.3 Å². The Bertz CT molecular complexity index is 912. The Hall–Kier alpha value is -2.69. The Balaban J connectivity index is 1.65. The van der Waals surface area contributed by atoms with Crippen molar-refractivity contribution in [3.8, 4) is 0 Å². The highest BCUT2D eigenvalue weighted by atomic mass is 19.1. The number of aryl methyl sites for hydroxylation is 2. The number of benzene rings is 2. The van der Waals surface area contributed by atoms with Gasteiger partial charge < -0.3 is 10.2 Å². The SMILES string of the molecule is C=CC(CCC(=O)NC)c1c(F)cc(N2CC(Cc3ccc(C)c(C)c3)C2)cc1F. The Labute approximate surface area is 177 Å². The number of rotatable bonds is 8. The molecule has 0 aromatic heterocycles. The molecule has 2 aromatic carbocycles. The average Bonchev–Trinajstić information content (AvgIpc) is 2.68. The number of anilines is 1. The van der Waals surface area contributed by atoms with E-state index in [1.807, 2.05) is 4.90 Å². The van der Waals surface area contributed by atoms with E-state index in [4.69, 9.17) is 0 Å². The summed E-state index contributed by atoms with van der Waals surface area (Å²) in [7, 11) is 1.54. The maximum atomic E-state index is 14.8. The molecule has 0 saturated carbocycles. The predicted molar refractivity (Wildman–Crippen MR) is 118 cm³/mol. The van der Waals surface area contributed by atoms with Crippen molar-refractivity contribution in [3.05, 3.63) is 76.9 Å². The molecule has 0 aliphatic carbocycles. The van der Waals surface area contributed by atoms with Crippen molar-refractivity contribution in [2.24, 2.45) is 5.92 Å². The second kappa shape index (κ2) is 9.41. The lowest BCUT2D eigenvalue weighted by Gasteiger charge is -2.41. The molecule has 1 amide bonds. The van der Waals surface area contributed by atoms with E-state index in [0.717, 1.165) is 19.5 Å². The van der Waals surface area contributed by atoms with E-state index in [-0.39, 0.29) is 17.9 Å². The number of hydrogen-bond acceptors (Lipinski definition) is 2. The van der Waals surface area contributed by atoms with Gasteiger partial charge in [0.15, 0.2) is 0 Å². The summed E-state index contributed by atoms with van der Waals surface area (Å²) in [6.07, 6.45) is 2.99. The predicted octanol–water partition coefficient (Wildman–Crippen LogP) is 5.06. The fourth-order valence-electron chi connectivity index (χ4n) is 4.07. The molecular weight excluding hydrogens is 382 g/mol. The first kappa shape index (κ1) is 22.0. The molecule has 0 spiro atoms. The largest absolute Gasteiger partial charge is 0.371 e. The third-order valence-corrected chi connectivity index (χ3v) is 6.10. The zero-order valence-corrected chi connectivity index (χ0v) is 18.0. The quantitative estimate of drug-likeness (QED) is 0.615. The van der Waals surface area contributed by atoms with Crippen LogP contribution in [0.3, 0.4) is 0 Å². The summed E-state index contributed by atoms with van der Waals surface area (Å²) in [4.78, 5) is 13.5. The van der Waals surface area contributed by atoms with Crippen LogP contribution < -0.4 is 10.2 Å². The normalized spacial score (nSPS) is 14.9. The van der Waals surface area contributed by atoms with Crippen molar-refractivity contribution in [1.29, 1.82) is 0 Å². The van der Waals surface area contributed by atoms with Crippen LogP contribution in [0.4, 0.5) is 14.5 Å². The first-order valence-electron chi connectivity index (χ1n) is 10.5. The van der Waals surface area contributed by atoms with Gasteiger partial charge in [0.05, 0.1) is 0 Å². The average molecular weight is 413 g/mol. The summed E-state index contributed by atoms with van der Waals surface area (Å²) in [5.41, 5.74) is 4.44. The van der Waals surface area contributed by atoms with Crippen molar-refractivity contribution in [2.75, 3.05) is 25.0 Å². The molecule has 1 unspecified atom stereocenters. The van der Waals surface area contributed by atoms with Crippen LogP contribution >= 0.6 is 0 Å². The number of carbonyl (C=O) groups excluding carboxylic acids is 1. The van der Waals surface area contributed by atoms with E-state index in [2.05, 4.69) is 43.9 Å². The summed E-state index contributed by atoms with van der Waals surface area (Å²) in [5, 5.41) is 2.52. The highest BCUT2D eigenvalue weighted by Gasteiger charge is 2.29. The lowest BCUT2D eigenvalue weighted by molar-refractivity contribution is -0.120. The van der Waals surface area contributed by atoms with Gasteiger partial charge in [0, 0.05) is 43.7 Å². The highest BCUT2D eigenvalue weighted by molar-refractivity contribution is 5.75. The number of hydrogen-bond donors (Lipinski definition) is 1. The van der Waals surface area contributed by atoms with Crippen LogP contribution in [0.15, 0.2) is 43.0 Å². The number of allylic oxidation sites excluding steroid dienone is 1. The lowest BCUT2D eigenvalue weighted by Crippen LogP contribution is -2.47. The van der Waals surface area contributed by atoms with Gasteiger partial charge in [0.25, 0.3) is 0 Å². The third-order valence-electron chi connectivity index (χ3n) is 6.10. The summed E-state index contributed by atoms with van der Waals surface area (Å²) < 4.78 is 29.6. The molecule has 2 aromatic rings. The zero-order chi connectivity index (χ0) is 21.8. The van der Waals surface area contributed by atoms with Crippen LogP contribution in [0.5, 0.6) is 0 Å². The van der Waals surface area contributed by atoms with Crippen LogP contribution in [0, 0.1) is 31.4 Å². The molecule has 3 rings (SSSR count). The second-order valence-corrected chi connectivity index (χ2v) is 8.27. The smallest absolute Gasteiger partial charge is 0.219 e. The van der Waals surface area contributed by atoms with E-state index < -0.39 is 17.6 Å². The minimum atomic E-state index is -0.579. The van der Waals surface area contributed by atoms with E-state index in [1.165, 1.54) is 34.9 Å². The minimum absolute atomic E-state index is 0.00939. The summed E-state index contributed by atoms with van der Waals surface area (Å²) in [6, 6.07) is 9.33. The van der Waals surface area contributed by atoms with Crippen molar-refractivity contribution in [1.82, 2.24) is 5.32 Å². The molecule has 0 radical (unpaired) electrons. The van der Waals surface area contributed by atoms with Gasteiger partial charge in [-0.25, -0.2) is 8.78 Å². The molecule has 1 aliphatic heterocycles. The van der Waals surface area contributed by atoms with Gasteiger partial charge in [-0.1, -0.05) is 24.3 Å². The number of nitrogens with zero attached hydrogens (tertiary/aromatic N) is 1. The molecule has 5 heteroatoms.